The third-order valence-corrected chi connectivity index (χ3v) is 2.67. The molecule has 0 aliphatic rings. The minimum Gasteiger partial charge on any atom is -0.300 e. The lowest BCUT2D eigenvalue weighted by atomic mass is 10.0. The maximum absolute atomic E-state index is 11.6. The monoisotopic (exact) mass is 211 g/mol. The van der Waals surface area contributed by atoms with E-state index in [0.29, 0.717) is 12.2 Å². The number of carbonyl (C=O) groups excluding carboxylic acids is 1. The highest BCUT2D eigenvalue weighted by Gasteiger charge is 2.17. The fourth-order valence-electron chi connectivity index (χ4n) is 1.71. The maximum atomic E-state index is 11.6. The van der Waals surface area contributed by atoms with Gasteiger partial charge in [0.25, 0.3) is 0 Å². The van der Waals surface area contributed by atoms with Gasteiger partial charge in [-0.15, -0.1) is 6.58 Å². The molecule has 0 aromatic rings. The maximum Gasteiger partial charge on any atom is 0.149 e. The zero-order valence-corrected chi connectivity index (χ0v) is 10.7. The first kappa shape index (κ1) is 14.4. The smallest absolute Gasteiger partial charge is 0.149 e. The van der Waals surface area contributed by atoms with Gasteiger partial charge in [-0.25, -0.2) is 0 Å². The van der Waals surface area contributed by atoms with Crippen LogP contribution < -0.4 is 0 Å². The third kappa shape index (κ3) is 6.45. The van der Waals surface area contributed by atoms with Crippen molar-refractivity contribution in [3.05, 3.63) is 12.2 Å². The number of allylic oxidation sites excluding steroid dienone is 1. The topological polar surface area (TPSA) is 20.3 Å². The Balaban J connectivity index is 3.87. The van der Waals surface area contributed by atoms with Crippen molar-refractivity contribution in [3.63, 3.8) is 0 Å². The molecule has 0 aromatic heterocycles. The van der Waals surface area contributed by atoms with Crippen LogP contribution in [0.3, 0.4) is 0 Å². The molecule has 0 aromatic carbocycles. The van der Waals surface area contributed by atoms with Crippen molar-refractivity contribution in [1.29, 1.82) is 0 Å². The van der Waals surface area contributed by atoms with Gasteiger partial charge >= 0.3 is 0 Å². The molecule has 0 heterocycles. The molecule has 1 unspecified atom stereocenters. The Bertz CT molecular complexity index is 209. The van der Waals surface area contributed by atoms with Crippen molar-refractivity contribution >= 4 is 5.78 Å². The summed E-state index contributed by atoms with van der Waals surface area (Å²) in [6.07, 6.45) is 4.97. The van der Waals surface area contributed by atoms with Crippen molar-refractivity contribution in [1.82, 2.24) is 4.90 Å². The van der Waals surface area contributed by atoms with Crippen molar-refractivity contribution in [2.45, 2.75) is 52.0 Å². The van der Waals surface area contributed by atoms with Gasteiger partial charge in [0.15, 0.2) is 0 Å². The summed E-state index contributed by atoms with van der Waals surface area (Å²) in [5.74, 6) is 0.357. The molecule has 0 saturated carbocycles. The first-order chi connectivity index (χ1) is 6.99. The Morgan fingerprint density at radius 3 is 2.33 bits per heavy atom. The summed E-state index contributed by atoms with van der Waals surface area (Å²) in [6, 6.07) is 0.111. The predicted molar refractivity (Wildman–Crippen MR) is 66.1 cm³/mol. The van der Waals surface area contributed by atoms with Gasteiger partial charge in [0.05, 0.1) is 6.04 Å². The van der Waals surface area contributed by atoms with E-state index in [1.807, 2.05) is 25.9 Å². The van der Waals surface area contributed by atoms with Crippen molar-refractivity contribution in [3.8, 4) is 0 Å². The van der Waals surface area contributed by atoms with Crippen molar-refractivity contribution in [2.75, 3.05) is 14.1 Å². The normalized spacial score (nSPS) is 12.9. The summed E-state index contributed by atoms with van der Waals surface area (Å²) < 4.78 is 0. The summed E-state index contributed by atoms with van der Waals surface area (Å²) in [5, 5.41) is 0. The molecule has 0 N–H and O–H groups in total. The van der Waals surface area contributed by atoms with E-state index < -0.39 is 0 Å². The van der Waals surface area contributed by atoms with Crippen LogP contribution in [0.4, 0.5) is 0 Å². The van der Waals surface area contributed by atoms with Crippen LogP contribution in [0.5, 0.6) is 0 Å². The molecule has 2 nitrogen and oxygen atoms in total. The molecule has 15 heavy (non-hydrogen) atoms. The van der Waals surface area contributed by atoms with Crippen LogP contribution in [0.1, 0.15) is 46.0 Å². The van der Waals surface area contributed by atoms with Crippen LogP contribution in [0.2, 0.25) is 0 Å². The number of Topliss-reactive ketones (excluding diaryl/α,β-unsaturated/α-hetero) is 1. The standard InChI is InChI=1S/C13H25NO/c1-6-13(15)12(14(4)5)10-8-7-9-11(2)3/h12H,2,6-10H2,1,3-5H3. The number of unbranched alkanes of at least 4 members (excludes halogenated alkanes) is 1. The van der Waals surface area contributed by atoms with Crippen molar-refractivity contribution in [2.24, 2.45) is 0 Å². The molecule has 88 valence electrons. The molecule has 0 saturated heterocycles. The van der Waals surface area contributed by atoms with Gasteiger partial charge in [0, 0.05) is 6.42 Å². The molecule has 0 radical (unpaired) electrons. The lowest BCUT2D eigenvalue weighted by molar-refractivity contribution is -0.123. The number of hydrogen-bond donors (Lipinski definition) is 0. The molecule has 0 aliphatic carbocycles. The Hall–Kier alpha value is -0.630. The molecule has 0 spiro atoms. The quantitative estimate of drug-likeness (QED) is 0.454. The molecule has 2 heteroatoms. The largest absolute Gasteiger partial charge is 0.300 e. The summed E-state index contributed by atoms with van der Waals surface area (Å²) in [7, 11) is 3.97. The summed E-state index contributed by atoms with van der Waals surface area (Å²) in [5.41, 5.74) is 1.23. The number of hydrogen-bond acceptors (Lipinski definition) is 2. The number of likely N-dealkylation sites (N-methyl/N-ethyl adjacent to an activating group) is 1. The van der Waals surface area contributed by atoms with Crippen LogP contribution in [0, 0.1) is 0 Å². The fraction of sp³-hybridized carbons (Fsp3) is 0.769. The third-order valence-electron chi connectivity index (χ3n) is 2.67. The Labute approximate surface area is 94.4 Å². The van der Waals surface area contributed by atoms with E-state index in [9.17, 15) is 4.79 Å². The Morgan fingerprint density at radius 1 is 1.33 bits per heavy atom. The summed E-state index contributed by atoms with van der Waals surface area (Å²) in [4.78, 5) is 13.7. The molecule has 0 fully saturated rings. The molecule has 1 atom stereocenters. The minimum atomic E-state index is 0.111. The second kappa shape index (κ2) is 7.63. The van der Waals surface area contributed by atoms with Gasteiger partial charge in [0.2, 0.25) is 0 Å². The lowest BCUT2D eigenvalue weighted by Gasteiger charge is -2.22. The van der Waals surface area contributed by atoms with E-state index in [4.69, 9.17) is 0 Å². The van der Waals surface area contributed by atoms with Gasteiger partial charge in [-0.3, -0.25) is 9.69 Å². The molecular weight excluding hydrogens is 186 g/mol. The molecule has 0 amide bonds. The molecule has 0 rings (SSSR count). The number of rotatable bonds is 8. The van der Waals surface area contributed by atoms with Crippen LogP contribution >= 0.6 is 0 Å². The summed E-state index contributed by atoms with van der Waals surface area (Å²) in [6.45, 7) is 7.87. The second-order valence-corrected chi connectivity index (χ2v) is 4.50. The van der Waals surface area contributed by atoms with Crippen LogP contribution in [0.25, 0.3) is 0 Å². The SMILES string of the molecule is C=C(C)CCCCC(C(=O)CC)N(C)C. The average molecular weight is 211 g/mol. The van der Waals surface area contributed by atoms with Crippen LogP contribution in [-0.2, 0) is 4.79 Å². The van der Waals surface area contributed by atoms with Gasteiger partial charge in [-0.2, -0.15) is 0 Å². The number of carbonyl (C=O) groups is 1. The van der Waals surface area contributed by atoms with E-state index in [1.54, 1.807) is 0 Å². The van der Waals surface area contributed by atoms with Gasteiger partial charge in [0.1, 0.15) is 5.78 Å². The molecular formula is C13H25NO. The Kier molecular flexibility index (Phi) is 7.31. The first-order valence-corrected chi connectivity index (χ1v) is 5.82. The van der Waals surface area contributed by atoms with E-state index in [-0.39, 0.29) is 6.04 Å². The Morgan fingerprint density at radius 2 is 1.93 bits per heavy atom. The zero-order valence-electron chi connectivity index (χ0n) is 10.7. The second-order valence-electron chi connectivity index (χ2n) is 4.50. The van der Waals surface area contributed by atoms with E-state index in [2.05, 4.69) is 13.5 Å². The molecule has 0 aliphatic heterocycles. The van der Waals surface area contributed by atoms with Gasteiger partial charge in [-0.1, -0.05) is 18.9 Å². The highest BCUT2D eigenvalue weighted by Crippen LogP contribution is 2.12. The average Bonchev–Trinajstić information content (AvgIpc) is 2.15. The minimum absolute atomic E-state index is 0.111. The highest BCUT2D eigenvalue weighted by molar-refractivity contribution is 5.83. The van der Waals surface area contributed by atoms with E-state index in [0.717, 1.165) is 25.7 Å². The predicted octanol–water partition coefficient (Wildman–Crippen LogP) is 3.03. The molecule has 0 bridgehead atoms. The van der Waals surface area contributed by atoms with Crippen molar-refractivity contribution < 1.29 is 4.79 Å². The zero-order chi connectivity index (χ0) is 11.8. The summed E-state index contributed by atoms with van der Waals surface area (Å²) >= 11 is 0. The number of nitrogens with zero attached hydrogens (tertiary/aromatic N) is 1. The van der Waals surface area contributed by atoms with Crippen LogP contribution in [-0.4, -0.2) is 30.8 Å². The van der Waals surface area contributed by atoms with Gasteiger partial charge < -0.3 is 0 Å². The highest BCUT2D eigenvalue weighted by atomic mass is 16.1. The van der Waals surface area contributed by atoms with Gasteiger partial charge in [-0.05, 0) is 40.3 Å². The lowest BCUT2D eigenvalue weighted by Crippen LogP contribution is -2.35. The van der Waals surface area contributed by atoms with Crippen LogP contribution in [0.15, 0.2) is 12.2 Å². The van der Waals surface area contributed by atoms with E-state index >= 15 is 0 Å². The first-order valence-electron chi connectivity index (χ1n) is 5.82. The van der Waals surface area contributed by atoms with E-state index in [1.165, 1.54) is 5.57 Å². The number of ketones is 1. The fourth-order valence-corrected chi connectivity index (χ4v) is 1.71.